The van der Waals surface area contributed by atoms with E-state index in [9.17, 15) is 0 Å². The fourth-order valence-electron chi connectivity index (χ4n) is 3.93. The van der Waals surface area contributed by atoms with Gasteiger partial charge in [-0.25, -0.2) is 0 Å². The summed E-state index contributed by atoms with van der Waals surface area (Å²) >= 11 is 0. The van der Waals surface area contributed by atoms with E-state index >= 15 is 0 Å². The van der Waals surface area contributed by atoms with Crippen molar-refractivity contribution in [3.8, 4) is 0 Å². The lowest BCUT2D eigenvalue weighted by Gasteiger charge is -2.28. The van der Waals surface area contributed by atoms with E-state index in [1.165, 1.54) is 16.7 Å². The monoisotopic (exact) mass is 372 g/mol. The van der Waals surface area contributed by atoms with Crippen LogP contribution in [-0.4, -0.2) is 11.2 Å². The maximum atomic E-state index is 4.94. The summed E-state index contributed by atoms with van der Waals surface area (Å²) in [6.45, 7) is 13.3. The quantitative estimate of drug-likeness (QED) is 0.508. The van der Waals surface area contributed by atoms with Crippen molar-refractivity contribution in [1.82, 2.24) is 4.98 Å². The molecule has 0 saturated heterocycles. The number of hydrogen-bond donors (Lipinski definition) is 0. The largest absolute Gasteiger partial charge is 0.254 e. The van der Waals surface area contributed by atoms with E-state index in [2.05, 4.69) is 90.1 Å². The molecule has 1 aromatic heterocycles. The lowest BCUT2D eigenvalue weighted by atomic mass is 9.77. The molecule has 2 nitrogen and oxygen atoms in total. The number of pyridine rings is 1. The Morgan fingerprint density at radius 1 is 1.00 bits per heavy atom. The maximum Gasteiger partial charge on any atom is 0.0816 e. The van der Waals surface area contributed by atoms with Crippen LogP contribution in [0.1, 0.15) is 82.3 Å². The molecule has 0 aliphatic heterocycles. The summed E-state index contributed by atoms with van der Waals surface area (Å²) in [6, 6.07) is 12.8. The van der Waals surface area contributed by atoms with Crippen molar-refractivity contribution in [2.24, 2.45) is 4.99 Å². The van der Waals surface area contributed by atoms with Gasteiger partial charge in [0.05, 0.1) is 23.3 Å². The molecule has 0 fully saturated rings. The predicted molar refractivity (Wildman–Crippen MR) is 121 cm³/mol. The first-order valence-electron chi connectivity index (χ1n) is 10.3. The molecule has 0 radical (unpaired) electrons. The molecule has 146 valence electrons. The molecule has 1 aliphatic rings. The van der Waals surface area contributed by atoms with Gasteiger partial charge in [-0.05, 0) is 48.4 Å². The third-order valence-electron chi connectivity index (χ3n) is 5.52. The van der Waals surface area contributed by atoms with Crippen LogP contribution in [0.15, 0.2) is 65.2 Å². The fourth-order valence-corrected chi connectivity index (χ4v) is 3.93. The van der Waals surface area contributed by atoms with Gasteiger partial charge in [0.1, 0.15) is 0 Å². The standard InChI is InChI=1S/C26H32N2/c1-18(2)22-12-8-13-23(19(3)4)25(22)27-17-21-11-7-14-24(28-21)26(6)15-9-10-20(5)16-26/h7-15,17-19H,16H2,1-6H3. The average molecular weight is 373 g/mol. The van der Waals surface area contributed by atoms with Crippen molar-refractivity contribution in [1.29, 1.82) is 0 Å². The topological polar surface area (TPSA) is 25.2 Å². The van der Waals surface area contributed by atoms with Gasteiger partial charge in [0.25, 0.3) is 0 Å². The summed E-state index contributed by atoms with van der Waals surface area (Å²) < 4.78 is 0. The molecule has 0 saturated carbocycles. The third kappa shape index (κ3) is 4.32. The molecule has 1 aliphatic carbocycles. The minimum atomic E-state index is -0.0540. The number of allylic oxidation sites excluding steroid dienone is 4. The third-order valence-corrected chi connectivity index (χ3v) is 5.52. The molecule has 0 amide bonds. The van der Waals surface area contributed by atoms with Gasteiger partial charge in [0.15, 0.2) is 0 Å². The molecule has 0 bridgehead atoms. The van der Waals surface area contributed by atoms with Crippen LogP contribution in [0.2, 0.25) is 0 Å². The van der Waals surface area contributed by atoms with Crippen LogP contribution in [0.5, 0.6) is 0 Å². The zero-order chi connectivity index (χ0) is 20.3. The van der Waals surface area contributed by atoms with Crippen LogP contribution in [-0.2, 0) is 5.41 Å². The van der Waals surface area contributed by atoms with Crippen LogP contribution in [0.4, 0.5) is 5.69 Å². The highest BCUT2D eigenvalue weighted by atomic mass is 14.8. The van der Waals surface area contributed by atoms with Crippen molar-refractivity contribution in [3.63, 3.8) is 0 Å². The Morgan fingerprint density at radius 2 is 1.64 bits per heavy atom. The van der Waals surface area contributed by atoms with Gasteiger partial charge < -0.3 is 0 Å². The lowest BCUT2D eigenvalue weighted by Crippen LogP contribution is -2.23. The van der Waals surface area contributed by atoms with Crippen molar-refractivity contribution in [2.45, 2.75) is 65.2 Å². The molecule has 0 spiro atoms. The predicted octanol–water partition coefficient (Wildman–Crippen LogP) is 7.24. The minimum Gasteiger partial charge on any atom is -0.254 e. The molecule has 1 atom stereocenters. The minimum absolute atomic E-state index is 0.0540. The van der Waals surface area contributed by atoms with E-state index < -0.39 is 0 Å². The summed E-state index contributed by atoms with van der Waals surface area (Å²) in [7, 11) is 0. The molecular weight excluding hydrogens is 340 g/mol. The van der Waals surface area contributed by atoms with Crippen LogP contribution >= 0.6 is 0 Å². The van der Waals surface area contributed by atoms with E-state index in [4.69, 9.17) is 9.98 Å². The summed E-state index contributed by atoms with van der Waals surface area (Å²) in [4.78, 5) is 9.86. The maximum absolute atomic E-state index is 4.94. The summed E-state index contributed by atoms with van der Waals surface area (Å²) in [5, 5.41) is 0. The molecule has 28 heavy (non-hydrogen) atoms. The smallest absolute Gasteiger partial charge is 0.0816 e. The van der Waals surface area contributed by atoms with E-state index in [0.29, 0.717) is 11.8 Å². The van der Waals surface area contributed by atoms with Crippen molar-refractivity contribution < 1.29 is 0 Å². The normalized spacial score (nSPS) is 19.6. The molecular formula is C26H32N2. The first-order chi connectivity index (χ1) is 13.3. The number of benzene rings is 1. The highest BCUT2D eigenvalue weighted by molar-refractivity contribution is 5.81. The summed E-state index contributed by atoms with van der Waals surface area (Å²) in [6.07, 6.45) is 9.52. The summed E-state index contributed by atoms with van der Waals surface area (Å²) in [5.74, 6) is 0.873. The second-order valence-corrected chi connectivity index (χ2v) is 8.77. The van der Waals surface area contributed by atoms with Crippen molar-refractivity contribution in [2.75, 3.05) is 0 Å². The zero-order valence-corrected chi connectivity index (χ0v) is 18.0. The molecule has 2 heteroatoms. The van der Waals surface area contributed by atoms with Gasteiger partial charge in [-0.1, -0.05) is 82.7 Å². The van der Waals surface area contributed by atoms with Crippen LogP contribution in [0.25, 0.3) is 0 Å². The molecule has 1 heterocycles. The Labute approximate surface area is 170 Å². The van der Waals surface area contributed by atoms with E-state index in [0.717, 1.165) is 23.5 Å². The molecule has 0 N–H and O–H groups in total. The Balaban J connectivity index is 1.97. The lowest BCUT2D eigenvalue weighted by molar-refractivity contribution is 0.561. The Kier molecular flexibility index (Phi) is 5.98. The molecule has 3 rings (SSSR count). The second kappa shape index (κ2) is 8.26. The highest BCUT2D eigenvalue weighted by Gasteiger charge is 2.27. The molecule has 1 aromatic carbocycles. The number of aliphatic imine (C=N–C) groups is 1. The van der Waals surface area contributed by atoms with Crippen LogP contribution in [0, 0.1) is 0 Å². The van der Waals surface area contributed by atoms with Gasteiger partial charge in [0.2, 0.25) is 0 Å². The van der Waals surface area contributed by atoms with Gasteiger partial charge in [-0.3, -0.25) is 9.98 Å². The average Bonchev–Trinajstić information content (AvgIpc) is 2.66. The number of aromatic nitrogens is 1. The van der Waals surface area contributed by atoms with Crippen molar-refractivity contribution in [3.05, 3.63) is 82.7 Å². The van der Waals surface area contributed by atoms with Gasteiger partial charge >= 0.3 is 0 Å². The molecule has 1 unspecified atom stereocenters. The van der Waals surface area contributed by atoms with E-state index in [-0.39, 0.29) is 5.41 Å². The zero-order valence-electron chi connectivity index (χ0n) is 18.0. The Hall–Kier alpha value is -2.48. The van der Waals surface area contributed by atoms with Crippen molar-refractivity contribution >= 4 is 11.9 Å². The van der Waals surface area contributed by atoms with Crippen LogP contribution < -0.4 is 0 Å². The Bertz CT molecular complexity index is 905. The van der Waals surface area contributed by atoms with Gasteiger partial charge in [-0.15, -0.1) is 0 Å². The number of para-hydroxylation sites is 1. The number of nitrogens with zero attached hydrogens (tertiary/aromatic N) is 2. The first-order valence-corrected chi connectivity index (χ1v) is 10.3. The second-order valence-electron chi connectivity index (χ2n) is 8.77. The van der Waals surface area contributed by atoms with Crippen LogP contribution in [0.3, 0.4) is 0 Å². The highest BCUT2D eigenvalue weighted by Crippen LogP contribution is 2.35. The Morgan fingerprint density at radius 3 is 2.25 bits per heavy atom. The van der Waals surface area contributed by atoms with E-state index in [1.807, 2.05) is 12.3 Å². The van der Waals surface area contributed by atoms with E-state index in [1.54, 1.807) is 0 Å². The SMILES string of the molecule is CC1=CC=CC(C)(c2cccc(C=Nc3c(C(C)C)cccc3C(C)C)n2)C1. The molecule has 2 aromatic rings. The summed E-state index contributed by atoms with van der Waals surface area (Å²) in [5.41, 5.74) is 7.03. The van der Waals surface area contributed by atoms with Gasteiger partial charge in [0, 0.05) is 5.41 Å². The fraction of sp³-hybridized carbons (Fsp3) is 0.385. The number of rotatable bonds is 5. The first kappa shape index (κ1) is 20.3. The van der Waals surface area contributed by atoms with Gasteiger partial charge in [-0.2, -0.15) is 0 Å². The number of hydrogen-bond acceptors (Lipinski definition) is 2.